The van der Waals surface area contributed by atoms with E-state index in [2.05, 4.69) is 56.8 Å². The Labute approximate surface area is 119 Å². The Hall–Kier alpha value is -0.160. The fourth-order valence-electron chi connectivity index (χ4n) is 2.50. The van der Waals surface area contributed by atoms with Crippen molar-refractivity contribution in [2.24, 2.45) is 0 Å². The molecule has 1 saturated heterocycles. The van der Waals surface area contributed by atoms with Crippen LogP contribution in [0.5, 0.6) is 0 Å². The van der Waals surface area contributed by atoms with E-state index in [4.69, 9.17) is 4.74 Å². The third-order valence-electron chi connectivity index (χ3n) is 4.09. The molecule has 0 radical (unpaired) electrons. The molecule has 0 aliphatic carbocycles. The summed E-state index contributed by atoms with van der Waals surface area (Å²) in [5.74, 6) is 0. The molecule has 1 atom stereocenters. The van der Waals surface area contributed by atoms with Gasteiger partial charge in [0, 0.05) is 50.4 Å². The number of hydrogen-bond acceptors (Lipinski definition) is 4. The van der Waals surface area contributed by atoms with E-state index in [0.29, 0.717) is 6.04 Å². The molecule has 114 valence electrons. The maximum Gasteiger partial charge on any atom is 0.0630 e. The van der Waals surface area contributed by atoms with E-state index in [1.807, 2.05) is 0 Å². The largest absolute Gasteiger partial charge is 0.383 e. The number of ether oxygens (including phenoxy) is 1. The highest BCUT2D eigenvalue weighted by Gasteiger charge is 2.34. The van der Waals surface area contributed by atoms with Crippen LogP contribution in [0, 0.1) is 0 Å². The number of piperazine rings is 1. The first kappa shape index (κ1) is 16.9. The zero-order valence-corrected chi connectivity index (χ0v) is 13.9. The molecule has 0 amide bonds. The molecule has 0 aromatic carbocycles. The zero-order valence-electron chi connectivity index (χ0n) is 13.9. The van der Waals surface area contributed by atoms with E-state index in [0.717, 1.165) is 32.8 Å². The van der Waals surface area contributed by atoms with Gasteiger partial charge in [0.2, 0.25) is 0 Å². The summed E-state index contributed by atoms with van der Waals surface area (Å²) >= 11 is 0. The van der Waals surface area contributed by atoms with Gasteiger partial charge in [-0.15, -0.1) is 0 Å². The highest BCUT2D eigenvalue weighted by atomic mass is 16.5. The van der Waals surface area contributed by atoms with Crippen LogP contribution in [-0.4, -0.2) is 73.9 Å². The van der Waals surface area contributed by atoms with Crippen LogP contribution in [0.1, 0.15) is 34.6 Å². The summed E-state index contributed by atoms with van der Waals surface area (Å²) in [6.07, 6.45) is 0. The molecule has 1 heterocycles. The lowest BCUT2D eigenvalue weighted by Crippen LogP contribution is -2.62. The van der Waals surface area contributed by atoms with Crippen molar-refractivity contribution < 1.29 is 4.74 Å². The molecule has 1 aliphatic rings. The number of hydrogen-bond donors (Lipinski definition) is 1. The third-order valence-corrected chi connectivity index (χ3v) is 4.09. The molecule has 19 heavy (non-hydrogen) atoms. The van der Waals surface area contributed by atoms with Crippen LogP contribution >= 0.6 is 0 Å². The molecule has 4 heteroatoms. The molecular weight excluding hydrogens is 238 g/mol. The van der Waals surface area contributed by atoms with Crippen molar-refractivity contribution in [2.75, 3.05) is 46.9 Å². The molecule has 1 unspecified atom stereocenters. The molecule has 0 bridgehead atoms. The number of likely N-dealkylation sites (N-methyl/N-ethyl adjacent to an activating group) is 1. The fourth-order valence-corrected chi connectivity index (χ4v) is 2.50. The van der Waals surface area contributed by atoms with Gasteiger partial charge in [-0.2, -0.15) is 0 Å². The summed E-state index contributed by atoms with van der Waals surface area (Å²) in [7, 11) is 4.02. The van der Waals surface area contributed by atoms with Gasteiger partial charge in [-0.25, -0.2) is 0 Å². The number of methoxy groups -OCH3 is 1. The highest BCUT2D eigenvalue weighted by Crippen LogP contribution is 2.20. The lowest BCUT2D eigenvalue weighted by molar-refractivity contribution is -0.00538. The Bertz CT molecular complexity index is 273. The average molecular weight is 271 g/mol. The quantitative estimate of drug-likeness (QED) is 0.818. The van der Waals surface area contributed by atoms with Crippen LogP contribution in [0.2, 0.25) is 0 Å². The second-order valence-electron chi connectivity index (χ2n) is 7.44. The Kier molecular flexibility index (Phi) is 5.80. The van der Waals surface area contributed by atoms with Gasteiger partial charge >= 0.3 is 0 Å². The molecule has 0 aromatic rings. The van der Waals surface area contributed by atoms with Crippen molar-refractivity contribution in [3.63, 3.8) is 0 Å². The first-order valence-electron chi connectivity index (χ1n) is 7.35. The summed E-state index contributed by atoms with van der Waals surface area (Å²) in [5, 5.41) is 3.61. The second kappa shape index (κ2) is 6.53. The smallest absolute Gasteiger partial charge is 0.0630 e. The van der Waals surface area contributed by atoms with Crippen molar-refractivity contribution in [2.45, 2.75) is 51.7 Å². The Morgan fingerprint density at radius 1 is 1.26 bits per heavy atom. The molecule has 1 rings (SSSR count). The summed E-state index contributed by atoms with van der Waals surface area (Å²) in [5.41, 5.74) is 0.403. The normalized spacial score (nSPS) is 23.5. The van der Waals surface area contributed by atoms with Crippen LogP contribution in [0.4, 0.5) is 0 Å². The van der Waals surface area contributed by atoms with Crippen molar-refractivity contribution in [1.29, 1.82) is 0 Å². The molecule has 1 N–H and O–H groups in total. The zero-order chi connectivity index (χ0) is 14.7. The molecule has 1 fully saturated rings. The molecular formula is C15H33N3O. The molecule has 0 aromatic heterocycles. The maximum atomic E-state index is 5.42. The van der Waals surface area contributed by atoms with E-state index in [1.54, 1.807) is 7.11 Å². The Morgan fingerprint density at radius 3 is 2.37 bits per heavy atom. The van der Waals surface area contributed by atoms with Gasteiger partial charge in [0.05, 0.1) is 6.61 Å². The van der Waals surface area contributed by atoms with Gasteiger partial charge in [0.1, 0.15) is 0 Å². The minimum Gasteiger partial charge on any atom is -0.383 e. The molecule has 4 nitrogen and oxygen atoms in total. The summed E-state index contributed by atoms with van der Waals surface area (Å²) in [6.45, 7) is 16.4. The third kappa shape index (κ3) is 5.38. The maximum absolute atomic E-state index is 5.42. The summed E-state index contributed by atoms with van der Waals surface area (Å²) in [4.78, 5) is 5.02. The highest BCUT2D eigenvalue weighted by molar-refractivity contribution is 4.92. The minimum atomic E-state index is 0.161. The topological polar surface area (TPSA) is 27.7 Å². The number of nitrogens with one attached hydrogen (secondary N) is 1. The van der Waals surface area contributed by atoms with Gasteiger partial charge in [-0.1, -0.05) is 0 Å². The van der Waals surface area contributed by atoms with Gasteiger partial charge < -0.3 is 10.1 Å². The van der Waals surface area contributed by atoms with Gasteiger partial charge in [0.25, 0.3) is 0 Å². The first-order chi connectivity index (χ1) is 8.65. The van der Waals surface area contributed by atoms with Crippen molar-refractivity contribution in [3.05, 3.63) is 0 Å². The molecule has 0 saturated carbocycles. The SMILES string of the molecule is COCC(CNC(C)(C)C)N1CCN(C)C(C)(C)C1. The van der Waals surface area contributed by atoms with Crippen LogP contribution in [0.15, 0.2) is 0 Å². The second-order valence-corrected chi connectivity index (χ2v) is 7.44. The van der Waals surface area contributed by atoms with Gasteiger partial charge in [-0.3, -0.25) is 9.80 Å². The van der Waals surface area contributed by atoms with Gasteiger partial charge in [0.15, 0.2) is 0 Å². The van der Waals surface area contributed by atoms with Crippen LogP contribution in [-0.2, 0) is 4.74 Å². The lowest BCUT2D eigenvalue weighted by Gasteiger charge is -2.48. The summed E-state index contributed by atoms with van der Waals surface area (Å²) < 4.78 is 5.42. The van der Waals surface area contributed by atoms with Crippen LogP contribution < -0.4 is 5.32 Å². The van der Waals surface area contributed by atoms with E-state index in [-0.39, 0.29) is 11.1 Å². The average Bonchev–Trinajstić information content (AvgIpc) is 2.27. The number of nitrogens with zero attached hydrogens (tertiary/aromatic N) is 2. The van der Waals surface area contributed by atoms with Crippen LogP contribution in [0.3, 0.4) is 0 Å². The predicted molar refractivity (Wildman–Crippen MR) is 81.7 cm³/mol. The van der Waals surface area contributed by atoms with Crippen molar-refractivity contribution in [1.82, 2.24) is 15.1 Å². The molecule has 1 aliphatic heterocycles. The summed E-state index contributed by atoms with van der Waals surface area (Å²) in [6, 6.07) is 0.456. The molecule has 0 spiro atoms. The standard InChI is InChI=1S/C15H33N3O/c1-14(2,3)16-10-13(11-19-7)18-9-8-17(6)15(4,5)12-18/h13,16H,8-12H2,1-7H3. The number of rotatable bonds is 5. The predicted octanol–water partition coefficient (Wildman–Crippen LogP) is 1.42. The lowest BCUT2D eigenvalue weighted by atomic mass is 9.98. The Balaban J connectivity index is 2.61. The van der Waals surface area contributed by atoms with E-state index in [1.165, 1.54) is 0 Å². The van der Waals surface area contributed by atoms with Crippen LogP contribution in [0.25, 0.3) is 0 Å². The minimum absolute atomic E-state index is 0.161. The first-order valence-corrected chi connectivity index (χ1v) is 7.35. The monoisotopic (exact) mass is 271 g/mol. The van der Waals surface area contributed by atoms with E-state index in [9.17, 15) is 0 Å². The van der Waals surface area contributed by atoms with Crippen molar-refractivity contribution >= 4 is 0 Å². The Morgan fingerprint density at radius 2 is 1.89 bits per heavy atom. The fraction of sp³-hybridized carbons (Fsp3) is 1.00. The van der Waals surface area contributed by atoms with E-state index >= 15 is 0 Å². The van der Waals surface area contributed by atoms with Crippen molar-refractivity contribution in [3.8, 4) is 0 Å². The van der Waals surface area contributed by atoms with Gasteiger partial charge in [-0.05, 0) is 41.7 Å². The van der Waals surface area contributed by atoms with E-state index < -0.39 is 0 Å².